The number of hydrogen-bond acceptors (Lipinski definition) is 7. The van der Waals surface area contributed by atoms with E-state index in [4.69, 9.17) is 5.73 Å². The molecule has 2 aromatic carbocycles. The highest BCUT2D eigenvalue weighted by Gasteiger charge is 2.30. The minimum atomic E-state index is -3.18. The van der Waals surface area contributed by atoms with E-state index in [1.165, 1.54) is 21.9 Å². The van der Waals surface area contributed by atoms with Crippen LogP contribution in [0.3, 0.4) is 0 Å². The number of carbonyl (C=O) groups excluding carboxylic acids is 2. The third-order valence-corrected chi connectivity index (χ3v) is 9.54. The normalized spacial score (nSPS) is 21.8. The van der Waals surface area contributed by atoms with E-state index in [0.717, 1.165) is 37.8 Å². The van der Waals surface area contributed by atoms with Crippen LogP contribution >= 0.6 is 0 Å². The van der Waals surface area contributed by atoms with Gasteiger partial charge in [-0.25, -0.2) is 17.6 Å². The molecule has 0 radical (unpaired) electrons. The zero-order valence-electron chi connectivity index (χ0n) is 23.6. The number of sulfone groups is 1. The van der Waals surface area contributed by atoms with Gasteiger partial charge < -0.3 is 10.6 Å². The van der Waals surface area contributed by atoms with Gasteiger partial charge in [-0.2, -0.15) is 0 Å². The fourth-order valence-electron chi connectivity index (χ4n) is 5.74. The molecular formula is C29H40FN5O4S. The smallest absolute Gasteiger partial charge is 0.324 e. The zero-order valence-corrected chi connectivity index (χ0v) is 24.4. The Morgan fingerprint density at radius 1 is 1.02 bits per heavy atom. The van der Waals surface area contributed by atoms with E-state index in [0.29, 0.717) is 17.8 Å². The number of amides is 2. The molecular weight excluding hydrogens is 533 g/mol. The minimum Gasteiger partial charge on any atom is -0.324 e. The number of nitrogens with zero attached hydrogens (tertiary/aromatic N) is 4. The Balaban J connectivity index is 1.55. The second-order valence-corrected chi connectivity index (χ2v) is 13.1. The molecule has 2 amide bonds. The lowest BCUT2D eigenvalue weighted by molar-refractivity contribution is 0.0392. The summed E-state index contributed by atoms with van der Waals surface area (Å²) >= 11 is 0. The number of anilines is 1. The summed E-state index contributed by atoms with van der Waals surface area (Å²) in [6, 6.07) is 12.4. The fraction of sp³-hybridized carbons (Fsp3) is 0.517. The van der Waals surface area contributed by atoms with Gasteiger partial charge in [0.25, 0.3) is 0 Å². The van der Waals surface area contributed by atoms with Gasteiger partial charge in [-0.05, 0) is 44.2 Å². The number of rotatable bonds is 8. The molecule has 9 nitrogen and oxygen atoms in total. The molecule has 2 aliphatic rings. The molecule has 2 atom stereocenters. The summed E-state index contributed by atoms with van der Waals surface area (Å²) in [4.78, 5) is 33.4. The molecule has 0 aromatic heterocycles. The lowest BCUT2D eigenvalue weighted by atomic mass is 10.1. The number of hydrogen-bond donors (Lipinski definition) is 1. The van der Waals surface area contributed by atoms with Crippen LogP contribution in [0.15, 0.2) is 42.5 Å². The number of halogens is 1. The first kappa shape index (κ1) is 30.1. The number of piperazine rings is 1. The summed E-state index contributed by atoms with van der Waals surface area (Å²) in [7, 11) is -3.18. The van der Waals surface area contributed by atoms with Crippen molar-refractivity contribution < 1.29 is 22.4 Å². The van der Waals surface area contributed by atoms with E-state index in [1.54, 1.807) is 0 Å². The largest absolute Gasteiger partial charge is 0.324 e. The Kier molecular flexibility index (Phi) is 9.60. The van der Waals surface area contributed by atoms with Crippen molar-refractivity contribution in [2.75, 3.05) is 55.7 Å². The van der Waals surface area contributed by atoms with Crippen molar-refractivity contribution in [1.29, 1.82) is 0 Å². The second kappa shape index (κ2) is 12.8. The highest BCUT2D eigenvalue weighted by atomic mass is 32.2. The number of Topliss-reactive ketones (excluding diaryl/α,β-unsaturated/α-hetero) is 1. The number of likely N-dealkylation sites (N-methyl/N-ethyl adjacent to an activating group) is 1. The van der Waals surface area contributed by atoms with E-state index in [2.05, 4.69) is 30.6 Å². The molecule has 0 aliphatic carbocycles. The van der Waals surface area contributed by atoms with Gasteiger partial charge in [-0.3, -0.25) is 19.5 Å². The molecule has 218 valence electrons. The van der Waals surface area contributed by atoms with Crippen molar-refractivity contribution in [2.24, 2.45) is 5.73 Å². The maximum atomic E-state index is 15.0. The van der Waals surface area contributed by atoms with Crippen LogP contribution in [-0.2, 0) is 22.9 Å². The van der Waals surface area contributed by atoms with Crippen molar-refractivity contribution in [3.8, 4) is 0 Å². The van der Waals surface area contributed by atoms with Gasteiger partial charge in [0, 0.05) is 61.6 Å². The minimum absolute atomic E-state index is 0.0711. The summed E-state index contributed by atoms with van der Waals surface area (Å²) in [5.41, 5.74) is 7.52. The Morgan fingerprint density at radius 2 is 1.65 bits per heavy atom. The molecule has 0 spiro atoms. The average Bonchev–Trinajstić information content (AvgIpc) is 2.92. The molecule has 2 saturated heterocycles. The predicted octanol–water partition coefficient (Wildman–Crippen LogP) is 2.74. The molecule has 4 rings (SSSR count). The molecule has 2 heterocycles. The highest BCUT2D eigenvalue weighted by molar-refractivity contribution is 7.91. The molecule has 2 aromatic rings. The van der Waals surface area contributed by atoms with Gasteiger partial charge in [0.2, 0.25) is 0 Å². The Hall–Kier alpha value is -2.86. The van der Waals surface area contributed by atoms with Crippen molar-refractivity contribution >= 4 is 27.3 Å². The lowest BCUT2D eigenvalue weighted by Gasteiger charge is -2.44. The predicted molar refractivity (Wildman–Crippen MR) is 155 cm³/mol. The first-order valence-corrected chi connectivity index (χ1v) is 15.7. The Bertz CT molecular complexity index is 1290. The summed E-state index contributed by atoms with van der Waals surface area (Å²) in [6.45, 7) is 10.3. The van der Waals surface area contributed by atoms with Gasteiger partial charge in [0.05, 0.1) is 24.6 Å². The second-order valence-electron chi connectivity index (χ2n) is 10.8. The molecule has 0 saturated carbocycles. The van der Waals surface area contributed by atoms with Crippen LogP contribution in [0.1, 0.15) is 42.3 Å². The van der Waals surface area contributed by atoms with Gasteiger partial charge in [0.15, 0.2) is 15.6 Å². The van der Waals surface area contributed by atoms with Gasteiger partial charge in [-0.1, -0.05) is 31.2 Å². The number of nitrogens with two attached hydrogens (primary N) is 1. The van der Waals surface area contributed by atoms with E-state index in [1.807, 2.05) is 24.3 Å². The number of carbonyl (C=O) groups is 2. The SMILES string of the molecule is CCN1[C@H](C)CN(Cc2ccc(N(Cc3ccc(C(=O)CN)cc3F)C(=O)N3CCS(=O)(=O)CC3)cc2)C[C@@H]1C. The van der Waals surface area contributed by atoms with Gasteiger partial charge >= 0.3 is 6.03 Å². The average molecular weight is 574 g/mol. The molecule has 11 heteroatoms. The number of benzene rings is 2. The van der Waals surface area contributed by atoms with Crippen molar-refractivity contribution in [1.82, 2.24) is 14.7 Å². The van der Waals surface area contributed by atoms with Crippen LogP contribution < -0.4 is 10.6 Å². The van der Waals surface area contributed by atoms with Crippen LogP contribution in [0.2, 0.25) is 0 Å². The molecule has 0 unspecified atom stereocenters. The first-order valence-electron chi connectivity index (χ1n) is 13.9. The van der Waals surface area contributed by atoms with Gasteiger partial charge in [0.1, 0.15) is 5.82 Å². The van der Waals surface area contributed by atoms with Crippen molar-refractivity contribution in [2.45, 2.75) is 45.9 Å². The Labute approximate surface area is 236 Å². The molecule has 2 aliphatic heterocycles. The summed E-state index contributed by atoms with van der Waals surface area (Å²) < 4.78 is 38.9. The quantitative estimate of drug-likeness (QED) is 0.484. The third-order valence-electron chi connectivity index (χ3n) is 7.93. The Morgan fingerprint density at radius 3 is 2.20 bits per heavy atom. The van der Waals surface area contributed by atoms with Crippen LogP contribution in [0.4, 0.5) is 14.9 Å². The van der Waals surface area contributed by atoms with E-state index in [-0.39, 0.29) is 60.6 Å². The third kappa shape index (κ3) is 7.06. The van der Waals surface area contributed by atoms with E-state index >= 15 is 4.39 Å². The van der Waals surface area contributed by atoms with E-state index in [9.17, 15) is 18.0 Å². The van der Waals surface area contributed by atoms with E-state index < -0.39 is 15.7 Å². The zero-order chi connectivity index (χ0) is 29.0. The maximum absolute atomic E-state index is 15.0. The summed E-state index contributed by atoms with van der Waals surface area (Å²) in [6.07, 6.45) is 0. The number of urea groups is 1. The monoisotopic (exact) mass is 573 g/mol. The van der Waals surface area contributed by atoms with Crippen LogP contribution in [0, 0.1) is 5.82 Å². The van der Waals surface area contributed by atoms with Crippen LogP contribution in [0.5, 0.6) is 0 Å². The summed E-state index contributed by atoms with van der Waals surface area (Å²) in [5.74, 6) is -1.18. The number of ketones is 1. The standard InChI is InChI=1S/C29H40FN5O4S/c1-4-34-21(2)17-32(18-22(34)3)19-23-5-9-26(10-6-23)35(29(37)33-11-13-40(38,39)14-12-33)20-25-8-7-24(15-27(25)30)28(36)16-31/h5-10,15,21-22H,4,11-14,16-20,31H2,1-3H3/t21-,22+. The lowest BCUT2D eigenvalue weighted by Crippen LogP contribution is -2.56. The molecule has 0 bridgehead atoms. The van der Waals surface area contributed by atoms with Crippen molar-refractivity contribution in [3.63, 3.8) is 0 Å². The summed E-state index contributed by atoms with van der Waals surface area (Å²) in [5, 5.41) is 0. The molecule has 2 N–H and O–H groups in total. The van der Waals surface area contributed by atoms with Gasteiger partial charge in [-0.15, -0.1) is 0 Å². The maximum Gasteiger partial charge on any atom is 0.324 e. The molecule has 2 fully saturated rings. The first-order chi connectivity index (χ1) is 19.0. The fourth-order valence-corrected chi connectivity index (χ4v) is 6.94. The van der Waals surface area contributed by atoms with Crippen LogP contribution in [-0.4, -0.2) is 97.8 Å². The highest BCUT2D eigenvalue weighted by Crippen LogP contribution is 2.24. The topological polar surface area (TPSA) is 107 Å². The molecule has 40 heavy (non-hydrogen) atoms. The van der Waals surface area contributed by atoms with Crippen molar-refractivity contribution in [3.05, 3.63) is 65.0 Å². The van der Waals surface area contributed by atoms with Crippen LogP contribution in [0.25, 0.3) is 0 Å².